The highest BCUT2D eigenvalue weighted by Crippen LogP contribution is 2.42. The van der Waals surface area contributed by atoms with Crippen molar-refractivity contribution < 1.29 is 9.59 Å². The molecular formula is C19H13Cl2N3O2S. The van der Waals surface area contributed by atoms with Crippen LogP contribution in [0.2, 0.25) is 10.0 Å². The standard InChI is InChI=1S/C19H13Cl2N3O2S/c20-12-5-7-13(8-6-12)24-18(26)16(9-11-3-1-2-4-15(11)21)27-19(24)14(10-22)17(23)25/h1-8,16H,9H2,(H2,23,25)/b19-14-. The molecule has 8 heteroatoms. The molecule has 5 nitrogen and oxygen atoms in total. The molecule has 1 aliphatic rings. The number of primary amides is 1. The molecule has 1 unspecified atom stereocenters. The molecule has 0 aromatic heterocycles. The first-order chi connectivity index (χ1) is 12.9. The van der Waals surface area contributed by atoms with E-state index in [1.807, 2.05) is 24.3 Å². The van der Waals surface area contributed by atoms with Gasteiger partial charge in [0.2, 0.25) is 5.91 Å². The zero-order chi connectivity index (χ0) is 19.6. The first-order valence-corrected chi connectivity index (χ1v) is 9.49. The van der Waals surface area contributed by atoms with Crippen molar-refractivity contribution in [1.82, 2.24) is 0 Å². The molecule has 0 aliphatic carbocycles. The number of carbonyl (C=O) groups excluding carboxylic acids is 2. The lowest BCUT2D eigenvalue weighted by molar-refractivity contribution is -0.117. The predicted octanol–water partition coefficient (Wildman–Crippen LogP) is 3.90. The minimum Gasteiger partial charge on any atom is -0.365 e. The fraction of sp³-hybridized carbons (Fsp3) is 0.105. The Balaban J connectivity index is 2.05. The first-order valence-electron chi connectivity index (χ1n) is 7.86. The Morgan fingerprint density at radius 3 is 2.44 bits per heavy atom. The van der Waals surface area contributed by atoms with Gasteiger partial charge < -0.3 is 5.73 Å². The van der Waals surface area contributed by atoms with Crippen LogP contribution in [0.3, 0.4) is 0 Å². The predicted molar refractivity (Wildman–Crippen MR) is 107 cm³/mol. The average Bonchev–Trinajstić information content (AvgIpc) is 2.94. The molecule has 2 aromatic carbocycles. The Bertz CT molecular complexity index is 983. The molecule has 0 saturated carbocycles. The molecule has 27 heavy (non-hydrogen) atoms. The van der Waals surface area contributed by atoms with Crippen molar-refractivity contribution in [2.45, 2.75) is 11.7 Å². The third kappa shape index (κ3) is 3.96. The van der Waals surface area contributed by atoms with Gasteiger partial charge in [0.05, 0.1) is 5.25 Å². The number of anilines is 1. The number of nitrogens with zero attached hydrogens (tertiary/aromatic N) is 2. The highest BCUT2D eigenvalue weighted by molar-refractivity contribution is 8.05. The largest absolute Gasteiger partial charge is 0.365 e. The van der Waals surface area contributed by atoms with Crippen molar-refractivity contribution in [1.29, 1.82) is 5.26 Å². The van der Waals surface area contributed by atoms with Gasteiger partial charge in [0, 0.05) is 15.7 Å². The number of carbonyl (C=O) groups is 2. The highest BCUT2D eigenvalue weighted by atomic mass is 35.5. The number of thioether (sulfide) groups is 1. The number of amides is 2. The maximum atomic E-state index is 13.1. The van der Waals surface area contributed by atoms with Crippen molar-refractivity contribution in [3.63, 3.8) is 0 Å². The maximum Gasteiger partial charge on any atom is 0.262 e. The van der Waals surface area contributed by atoms with Crippen LogP contribution in [0.25, 0.3) is 0 Å². The van der Waals surface area contributed by atoms with Gasteiger partial charge in [0.25, 0.3) is 5.91 Å². The summed E-state index contributed by atoms with van der Waals surface area (Å²) in [6.07, 6.45) is 0.355. The number of nitriles is 1. The van der Waals surface area contributed by atoms with E-state index in [-0.39, 0.29) is 16.5 Å². The Hall–Kier alpha value is -2.46. The van der Waals surface area contributed by atoms with E-state index in [2.05, 4.69) is 0 Å². The van der Waals surface area contributed by atoms with Crippen LogP contribution >= 0.6 is 35.0 Å². The smallest absolute Gasteiger partial charge is 0.262 e. The van der Waals surface area contributed by atoms with E-state index in [0.717, 1.165) is 17.3 Å². The number of hydrogen-bond acceptors (Lipinski definition) is 4. The van der Waals surface area contributed by atoms with Crippen LogP contribution in [-0.2, 0) is 16.0 Å². The van der Waals surface area contributed by atoms with Crippen molar-refractivity contribution in [2.75, 3.05) is 4.90 Å². The summed E-state index contributed by atoms with van der Waals surface area (Å²) in [7, 11) is 0. The average molecular weight is 418 g/mol. The Morgan fingerprint density at radius 1 is 1.19 bits per heavy atom. The zero-order valence-electron chi connectivity index (χ0n) is 13.9. The monoisotopic (exact) mass is 417 g/mol. The summed E-state index contributed by atoms with van der Waals surface area (Å²) in [5.41, 5.74) is 6.39. The van der Waals surface area contributed by atoms with E-state index < -0.39 is 11.2 Å². The molecule has 3 rings (SSSR count). The molecule has 1 fully saturated rings. The number of rotatable bonds is 4. The molecule has 2 N–H and O–H groups in total. The Labute approximate surface area is 170 Å². The quantitative estimate of drug-likeness (QED) is 0.603. The SMILES string of the molecule is N#C/C(C(N)=O)=C1/SC(Cc2ccccc2Cl)C(=O)N1c1ccc(Cl)cc1. The minimum atomic E-state index is -0.884. The summed E-state index contributed by atoms with van der Waals surface area (Å²) in [6.45, 7) is 0. The topological polar surface area (TPSA) is 87.2 Å². The number of nitrogens with two attached hydrogens (primary N) is 1. The molecule has 0 spiro atoms. The van der Waals surface area contributed by atoms with Crippen molar-refractivity contribution >= 4 is 52.5 Å². The van der Waals surface area contributed by atoms with Crippen LogP contribution in [0.5, 0.6) is 0 Å². The lowest BCUT2D eigenvalue weighted by Gasteiger charge is -2.18. The number of hydrogen-bond donors (Lipinski definition) is 1. The second kappa shape index (κ2) is 8.05. The second-order valence-corrected chi connectivity index (χ2v) is 7.74. The lowest BCUT2D eigenvalue weighted by Crippen LogP contribution is -2.31. The van der Waals surface area contributed by atoms with Crippen molar-refractivity contribution in [2.24, 2.45) is 5.73 Å². The Kier molecular flexibility index (Phi) is 5.76. The van der Waals surface area contributed by atoms with Crippen LogP contribution in [-0.4, -0.2) is 17.1 Å². The molecule has 1 heterocycles. The summed E-state index contributed by atoms with van der Waals surface area (Å²) in [4.78, 5) is 26.2. The first kappa shape index (κ1) is 19.3. The summed E-state index contributed by atoms with van der Waals surface area (Å²) in [6, 6.07) is 15.6. The lowest BCUT2D eigenvalue weighted by atomic mass is 10.1. The maximum absolute atomic E-state index is 13.1. The van der Waals surface area contributed by atoms with Gasteiger partial charge in [-0.05, 0) is 42.3 Å². The summed E-state index contributed by atoms with van der Waals surface area (Å²) in [5, 5.41) is 10.1. The highest BCUT2D eigenvalue weighted by Gasteiger charge is 2.40. The van der Waals surface area contributed by atoms with Gasteiger partial charge >= 0.3 is 0 Å². The van der Waals surface area contributed by atoms with Gasteiger partial charge in [-0.2, -0.15) is 5.26 Å². The van der Waals surface area contributed by atoms with Gasteiger partial charge in [0.15, 0.2) is 0 Å². The number of halogens is 2. The van der Waals surface area contributed by atoms with E-state index in [0.29, 0.717) is 22.2 Å². The molecule has 0 radical (unpaired) electrons. The minimum absolute atomic E-state index is 0.217. The van der Waals surface area contributed by atoms with Gasteiger partial charge in [0.1, 0.15) is 16.7 Å². The third-order valence-electron chi connectivity index (χ3n) is 3.97. The fourth-order valence-corrected chi connectivity index (χ4v) is 4.33. The normalized spacial score (nSPS) is 18.3. The molecular weight excluding hydrogens is 405 g/mol. The molecule has 1 saturated heterocycles. The summed E-state index contributed by atoms with van der Waals surface area (Å²) >= 11 is 13.3. The van der Waals surface area contributed by atoms with Crippen molar-refractivity contribution in [3.8, 4) is 6.07 Å². The summed E-state index contributed by atoms with van der Waals surface area (Å²) < 4.78 is 0. The van der Waals surface area contributed by atoms with E-state index >= 15 is 0 Å². The van der Waals surface area contributed by atoms with E-state index in [9.17, 15) is 14.9 Å². The molecule has 2 aromatic rings. The second-order valence-electron chi connectivity index (χ2n) is 5.71. The van der Waals surface area contributed by atoms with E-state index in [1.54, 1.807) is 30.3 Å². The Morgan fingerprint density at radius 2 is 1.85 bits per heavy atom. The molecule has 136 valence electrons. The molecule has 2 amide bonds. The van der Waals surface area contributed by atoms with Crippen LogP contribution in [0.1, 0.15) is 5.56 Å². The van der Waals surface area contributed by atoms with Gasteiger partial charge in [-0.25, -0.2) is 0 Å². The molecule has 1 aliphatic heterocycles. The van der Waals surface area contributed by atoms with Crippen LogP contribution in [0.15, 0.2) is 59.1 Å². The van der Waals surface area contributed by atoms with Gasteiger partial charge in [-0.3, -0.25) is 14.5 Å². The number of benzene rings is 2. The fourth-order valence-electron chi connectivity index (χ4n) is 2.69. The summed E-state index contributed by atoms with van der Waals surface area (Å²) in [5.74, 6) is -1.14. The van der Waals surface area contributed by atoms with E-state index in [1.165, 1.54) is 4.90 Å². The zero-order valence-corrected chi connectivity index (χ0v) is 16.2. The molecule has 1 atom stereocenters. The van der Waals surface area contributed by atoms with Gasteiger partial charge in [-0.15, -0.1) is 0 Å². The van der Waals surface area contributed by atoms with E-state index in [4.69, 9.17) is 28.9 Å². The van der Waals surface area contributed by atoms with Crippen LogP contribution in [0.4, 0.5) is 5.69 Å². The van der Waals surface area contributed by atoms with Crippen LogP contribution < -0.4 is 10.6 Å². The van der Waals surface area contributed by atoms with Crippen molar-refractivity contribution in [3.05, 3.63) is 74.7 Å². The third-order valence-corrected chi connectivity index (χ3v) is 5.86. The molecule has 0 bridgehead atoms. The van der Waals surface area contributed by atoms with Gasteiger partial charge in [-0.1, -0.05) is 53.2 Å². The van der Waals surface area contributed by atoms with Crippen LogP contribution in [0, 0.1) is 11.3 Å².